The predicted octanol–water partition coefficient (Wildman–Crippen LogP) is 3.22. The van der Waals surface area contributed by atoms with Crippen LogP contribution in [0.4, 0.5) is 5.69 Å². The molecule has 3 heterocycles. The summed E-state index contributed by atoms with van der Waals surface area (Å²) in [5, 5.41) is 6.58. The van der Waals surface area contributed by atoms with Gasteiger partial charge in [0.1, 0.15) is 11.4 Å². The van der Waals surface area contributed by atoms with Crippen molar-refractivity contribution >= 4 is 28.8 Å². The van der Waals surface area contributed by atoms with Gasteiger partial charge >= 0.3 is 11.8 Å². The number of likely N-dealkylation sites (tertiary alicyclic amines) is 1. The minimum Gasteiger partial charge on any atom is -0.359 e. The number of hydrogen-bond donors (Lipinski definition) is 1. The number of nitrogens with zero attached hydrogens (tertiary/aromatic N) is 2. The van der Waals surface area contributed by atoms with Gasteiger partial charge in [-0.25, -0.2) is 0 Å². The molecule has 2 aromatic heterocycles. The van der Waals surface area contributed by atoms with Crippen molar-refractivity contribution in [2.24, 2.45) is 0 Å². The first-order chi connectivity index (χ1) is 11.5. The van der Waals surface area contributed by atoms with Gasteiger partial charge in [-0.3, -0.25) is 9.59 Å². The molecule has 2 amide bonds. The highest BCUT2D eigenvalue weighted by Crippen LogP contribution is 2.36. The zero-order chi connectivity index (χ0) is 17.3. The number of rotatable bonds is 3. The van der Waals surface area contributed by atoms with Gasteiger partial charge in [-0.15, -0.1) is 11.3 Å². The van der Waals surface area contributed by atoms with Crippen LogP contribution in [0.25, 0.3) is 0 Å². The first kappa shape index (κ1) is 16.7. The first-order valence-electron chi connectivity index (χ1n) is 8.14. The van der Waals surface area contributed by atoms with Gasteiger partial charge in [0.05, 0.1) is 6.04 Å². The van der Waals surface area contributed by atoms with Crippen LogP contribution in [0.15, 0.2) is 16.7 Å². The Hall–Kier alpha value is -2.15. The van der Waals surface area contributed by atoms with Gasteiger partial charge in [-0.1, -0.05) is 12.1 Å². The maximum absolute atomic E-state index is 12.6. The Kier molecular flexibility index (Phi) is 4.71. The molecule has 1 fully saturated rings. The van der Waals surface area contributed by atoms with Crippen LogP contribution in [0.5, 0.6) is 0 Å². The first-order valence-corrected chi connectivity index (χ1v) is 8.96. The number of amides is 2. The van der Waals surface area contributed by atoms with Gasteiger partial charge in [0.25, 0.3) is 0 Å². The minimum absolute atomic E-state index is 0.00355. The maximum Gasteiger partial charge on any atom is 0.314 e. The van der Waals surface area contributed by atoms with Gasteiger partial charge < -0.3 is 14.7 Å². The van der Waals surface area contributed by atoms with Crippen LogP contribution in [-0.2, 0) is 16.0 Å². The van der Waals surface area contributed by atoms with E-state index in [0.29, 0.717) is 30.1 Å². The van der Waals surface area contributed by atoms with Crippen LogP contribution in [0.3, 0.4) is 0 Å². The molecule has 0 bridgehead atoms. The van der Waals surface area contributed by atoms with Crippen molar-refractivity contribution in [3.8, 4) is 0 Å². The van der Waals surface area contributed by atoms with Crippen LogP contribution in [0.2, 0.25) is 0 Å². The molecular weight excluding hydrogens is 326 g/mol. The topological polar surface area (TPSA) is 75.4 Å². The van der Waals surface area contributed by atoms with Crippen LogP contribution >= 0.6 is 11.3 Å². The van der Waals surface area contributed by atoms with E-state index in [1.165, 1.54) is 4.88 Å². The third kappa shape index (κ3) is 3.08. The number of thiophene rings is 1. The average molecular weight is 347 g/mol. The summed E-state index contributed by atoms with van der Waals surface area (Å²) in [6.07, 6.45) is 2.43. The Bertz CT molecular complexity index is 765. The summed E-state index contributed by atoms with van der Waals surface area (Å²) in [6.45, 7) is 6.30. The zero-order valence-electron chi connectivity index (χ0n) is 14.1. The number of carbonyl (C=O) groups is 2. The molecule has 0 aliphatic carbocycles. The molecule has 0 radical (unpaired) electrons. The number of hydrogen-bond acceptors (Lipinski definition) is 5. The Morgan fingerprint density at radius 2 is 2.21 bits per heavy atom. The van der Waals surface area contributed by atoms with Crippen LogP contribution < -0.4 is 5.32 Å². The molecule has 1 aliphatic heterocycles. The van der Waals surface area contributed by atoms with E-state index in [4.69, 9.17) is 4.52 Å². The van der Waals surface area contributed by atoms with Gasteiger partial charge in [0, 0.05) is 16.3 Å². The molecule has 6 nitrogen and oxygen atoms in total. The minimum atomic E-state index is -0.629. The van der Waals surface area contributed by atoms with E-state index in [2.05, 4.69) is 16.5 Å². The smallest absolute Gasteiger partial charge is 0.314 e. The number of aryl methyl sites for hydroxylation is 3. The Morgan fingerprint density at radius 1 is 1.42 bits per heavy atom. The lowest BCUT2D eigenvalue weighted by Crippen LogP contribution is -2.39. The molecule has 1 N–H and O–H groups in total. The zero-order valence-corrected chi connectivity index (χ0v) is 14.9. The van der Waals surface area contributed by atoms with Crippen molar-refractivity contribution in [3.63, 3.8) is 0 Å². The Balaban J connectivity index is 1.75. The lowest BCUT2D eigenvalue weighted by atomic mass is 10.2. The molecule has 128 valence electrons. The Morgan fingerprint density at radius 3 is 2.88 bits per heavy atom. The quantitative estimate of drug-likeness (QED) is 0.865. The number of anilines is 1. The molecular formula is C17H21N3O3S. The van der Waals surface area contributed by atoms with E-state index in [1.807, 2.05) is 19.9 Å². The Labute approximate surface area is 144 Å². The molecule has 0 unspecified atom stereocenters. The van der Waals surface area contributed by atoms with Crippen LogP contribution in [0, 0.1) is 13.8 Å². The summed E-state index contributed by atoms with van der Waals surface area (Å²) in [6, 6.07) is 4.10. The summed E-state index contributed by atoms with van der Waals surface area (Å²) >= 11 is 1.68. The van der Waals surface area contributed by atoms with Crippen LogP contribution in [0.1, 0.15) is 47.0 Å². The van der Waals surface area contributed by atoms with Gasteiger partial charge in [-0.2, -0.15) is 0 Å². The molecule has 0 spiro atoms. The third-order valence-electron chi connectivity index (χ3n) is 4.30. The molecule has 24 heavy (non-hydrogen) atoms. The normalized spacial score (nSPS) is 17.3. The summed E-state index contributed by atoms with van der Waals surface area (Å²) < 4.78 is 5.10. The lowest BCUT2D eigenvalue weighted by molar-refractivity contribution is -0.143. The second kappa shape index (κ2) is 6.76. The summed E-state index contributed by atoms with van der Waals surface area (Å²) in [4.78, 5) is 29.1. The van der Waals surface area contributed by atoms with Crippen LogP contribution in [-0.4, -0.2) is 28.4 Å². The number of aromatic nitrogens is 1. The van der Waals surface area contributed by atoms with Crippen molar-refractivity contribution in [3.05, 3.63) is 33.3 Å². The molecule has 0 saturated carbocycles. The maximum atomic E-state index is 12.6. The molecule has 1 atom stereocenters. The lowest BCUT2D eigenvalue weighted by Gasteiger charge is -2.23. The van der Waals surface area contributed by atoms with Crippen molar-refractivity contribution in [2.75, 3.05) is 11.9 Å². The van der Waals surface area contributed by atoms with Crippen molar-refractivity contribution in [1.29, 1.82) is 0 Å². The number of carbonyl (C=O) groups excluding carboxylic acids is 2. The fraction of sp³-hybridized carbons (Fsp3) is 0.471. The van der Waals surface area contributed by atoms with Crippen molar-refractivity contribution in [2.45, 2.75) is 46.1 Å². The number of nitrogens with one attached hydrogen (secondary N) is 1. The van der Waals surface area contributed by atoms with Crippen molar-refractivity contribution in [1.82, 2.24) is 10.1 Å². The highest BCUT2D eigenvalue weighted by Gasteiger charge is 2.34. The fourth-order valence-electron chi connectivity index (χ4n) is 3.06. The van der Waals surface area contributed by atoms with E-state index >= 15 is 0 Å². The standard InChI is InChI=1S/C17H21N3O3S/c1-4-12-15(11(3)23-19-12)18-16(21)17(22)20-9-5-6-13(20)14-8-7-10(2)24-14/h7-8,13H,4-6,9H2,1-3H3,(H,18,21)/t13-/m1/s1. The SMILES string of the molecule is CCc1noc(C)c1NC(=O)C(=O)N1CCC[C@@H]1c1ccc(C)s1. The summed E-state index contributed by atoms with van der Waals surface area (Å²) in [7, 11) is 0. The van der Waals surface area contributed by atoms with E-state index in [0.717, 1.165) is 17.7 Å². The molecule has 2 aromatic rings. The predicted molar refractivity (Wildman–Crippen MR) is 92.0 cm³/mol. The second-order valence-electron chi connectivity index (χ2n) is 5.97. The monoisotopic (exact) mass is 347 g/mol. The summed E-state index contributed by atoms with van der Waals surface area (Å²) in [5.74, 6) is -0.609. The van der Waals surface area contributed by atoms with E-state index in [-0.39, 0.29) is 6.04 Å². The molecule has 1 saturated heterocycles. The van der Waals surface area contributed by atoms with Crippen molar-refractivity contribution < 1.29 is 14.1 Å². The largest absolute Gasteiger partial charge is 0.359 e. The van der Waals surface area contributed by atoms with Gasteiger partial charge in [0.15, 0.2) is 5.76 Å². The molecule has 0 aromatic carbocycles. The summed E-state index contributed by atoms with van der Waals surface area (Å²) in [5.41, 5.74) is 1.17. The molecule has 1 aliphatic rings. The van der Waals surface area contributed by atoms with Gasteiger partial charge in [0.2, 0.25) is 0 Å². The van der Waals surface area contributed by atoms with E-state index in [1.54, 1.807) is 23.2 Å². The highest BCUT2D eigenvalue weighted by atomic mass is 32.1. The fourth-order valence-corrected chi connectivity index (χ4v) is 4.08. The molecule has 7 heteroatoms. The van der Waals surface area contributed by atoms with E-state index < -0.39 is 11.8 Å². The average Bonchev–Trinajstić information content (AvgIpc) is 3.27. The molecule has 3 rings (SSSR count). The highest BCUT2D eigenvalue weighted by molar-refractivity contribution is 7.12. The second-order valence-corrected chi connectivity index (χ2v) is 7.29. The van der Waals surface area contributed by atoms with E-state index in [9.17, 15) is 9.59 Å². The third-order valence-corrected chi connectivity index (χ3v) is 5.41. The van der Waals surface area contributed by atoms with Gasteiger partial charge in [-0.05, 0) is 45.2 Å².